The van der Waals surface area contributed by atoms with Crippen LogP contribution in [-0.2, 0) is 4.74 Å². The molecule has 0 aromatic carbocycles. The molecule has 0 radical (unpaired) electrons. The number of ether oxygens (including phenoxy) is 1. The summed E-state index contributed by atoms with van der Waals surface area (Å²) in [7, 11) is 0. The van der Waals surface area contributed by atoms with E-state index in [2.05, 4.69) is 24.1 Å². The quantitative estimate of drug-likeness (QED) is 0.727. The fourth-order valence-corrected chi connectivity index (χ4v) is 2.50. The molecule has 3 heteroatoms. The molecule has 1 saturated heterocycles. The number of hydrogen-bond acceptors (Lipinski definition) is 3. The molecule has 3 nitrogen and oxygen atoms in total. The van der Waals surface area contributed by atoms with Crippen molar-refractivity contribution in [2.24, 2.45) is 0 Å². The molecule has 0 amide bonds. The van der Waals surface area contributed by atoms with Gasteiger partial charge < -0.3 is 10.1 Å². The van der Waals surface area contributed by atoms with Crippen LogP contribution in [0.4, 0.5) is 0 Å². The highest BCUT2D eigenvalue weighted by atomic mass is 16.5. The van der Waals surface area contributed by atoms with E-state index >= 15 is 0 Å². The van der Waals surface area contributed by atoms with Gasteiger partial charge in [0.15, 0.2) is 0 Å². The molecule has 0 aromatic heterocycles. The van der Waals surface area contributed by atoms with Crippen LogP contribution in [0.5, 0.6) is 0 Å². The number of nitrogens with zero attached hydrogens (tertiary/aromatic N) is 1. The van der Waals surface area contributed by atoms with Gasteiger partial charge in [0.1, 0.15) is 0 Å². The molecular weight excluding hydrogens is 176 g/mol. The van der Waals surface area contributed by atoms with Crippen LogP contribution in [0, 0.1) is 0 Å². The van der Waals surface area contributed by atoms with Gasteiger partial charge >= 0.3 is 0 Å². The van der Waals surface area contributed by atoms with Crippen LogP contribution >= 0.6 is 0 Å². The third-order valence-electron chi connectivity index (χ3n) is 3.39. The van der Waals surface area contributed by atoms with Crippen molar-refractivity contribution in [1.29, 1.82) is 0 Å². The third kappa shape index (κ3) is 2.27. The predicted molar refractivity (Wildman–Crippen MR) is 57.5 cm³/mol. The van der Waals surface area contributed by atoms with Crippen molar-refractivity contribution in [3.05, 3.63) is 0 Å². The molecule has 0 aromatic rings. The molecule has 0 bridgehead atoms. The Balaban J connectivity index is 1.70. The predicted octanol–water partition coefficient (Wildman–Crippen LogP) is 0.848. The molecular formula is C11H22N2O. The van der Waals surface area contributed by atoms with E-state index in [0.29, 0.717) is 12.1 Å². The van der Waals surface area contributed by atoms with E-state index in [0.717, 1.165) is 19.2 Å². The zero-order valence-corrected chi connectivity index (χ0v) is 9.33. The fourth-order valence-electron chi connectivity index (χ4n) is 2.50. The van der Waals surface area contributed by atoms with Crippen molar-refractivity contribution in [1.82, 2.24) is 10.2 Å². The second-order valence-corrected chi connectivity index (χ2v) is 4.55. The van der Waals surface area contributed by atoms with Crippen LogP contribution in [-0.4, -0.2) is 49.3 Å². The van der Waals surface area contributed by atoms with E-state index in [1.165, 1.54) is 25.9 Å². The fraction of sp³-hybridized carbons (Fsp3) is 1.00. The van der Waals surface area contributed by atoms with Gasteiger partial charge in [-0.3, -0.25) is 4.90 Å². The van der Waals surface area contributed by atoms with Crippen LogP contribution in [0.3, 0.4) is 0 Å². The van der Waals surface area contributed by atoms with E-state index < -0.39 is 0 Å². The van der Waals surface area contributed by atoms with Crippen molar-refractivity contribution in [2.45, 2.75) is 44.9 Å². The Morgan fingerprint density at radius 3 is 2.86 bits per heavy atom. The van der Waals surface area contributed by atoms with Gasteiger partial charge in [0.2, 0.25) is 0 Å². The Morgan fingerprint density at radius 2 is 2.21 bits per heavy atom. The van der Waals surface area contributed by atoms with E-state index in [1.807, 2.05) is 0 Å². The summed E-state index contributed by atoms with van der Waals surface area (Å²) < 4.78 is 5.58. The minimum Gasteiger partial charge on any atom is -0.378 e. The van der Waals surface area contributed by atoms with Gasteiger partial charge in [-0.05, 0) is 26.7 Å². The van der Waals surface area contributed by atoms with E-state index in [1.54, 1.807) is 0 Å². The van der Waals surface area contributed by atoms with Crippen molar-refractivity contribution in [2.75, 3.05) is 26.2 Å². The van der Waals surface area contributed by atoms with Crippen LogP contribution in [0.2, 0.25) is 0 Å². The summed E-state index contributed by atoms with van der Waals surface area (Å²) in [5.74, 6) is 0. The highest BCUT2D eigenvalue weighted by Crippen LogP contribution is 2.28. The molecule has 1 N–H and O–H groups in total. The summed E-state index contributed by atoms with van der Waals surface area (Å²) in [6.45, 7) is 8.80. The summed E-state index contributed by atoms with van der Waals surface area (Å²) in [5, 5.41) is 3.48. The lowest BCUT2D eigenvalue weighted by Crippen LogP contribution is -2.57. The van der Waals surface area contributed by atoms with Crippen molar-refractivity contribution >= 4 is 0 Å². The van der Waals surface area contributed by atoms with Crippen LogP contribution in [0.15, 0.2) is 0 Å². The van der Waals surface area contributed by atoms with Gasteiger partial charge in [-0.15, -0.1) is 0 Å². The maximum absolute atomic E-state index is 5.58. The van der Waals surface area contributed by atoms with Crippen molar-refractivity contribution in [3.63, 3.8) is 0 Å². The van der Waals surface area contributed by atoms with Crippen LogP contribution in [0.1, 0.15) is 26.7 Å². The first kappa shape index (κ1) is 10.4. The standard InChI is InChI=1S/C11H22N2O/c1-3-14-11-6-10(7-11)13-5-4-12-9(2)8-13/h9-12H,3-8H2,1-2H3. The molecule has 1 aliphatic heterocycles. The first-order chi connectivity index (χ1) is 6.79. The molecule has 1 atom stereocenters. The minimum atomic E-state index is 0.551. The highest BCUT2D eigenvalue weighted by molar-refractivity contribution is 4.91. The smallest absolute Gasteiger partial charge is 0.0604 e. The molecule has 1 unspecified atom stereocenters. The molecule has 2 fully saturated rings. The molecule has 82 valence electrons. The maximum Gasteiger partial charge on any atom is 0.0604 e. The second-order valence-electron chi connectivity index (χ2n) is 4.55. The first-order valence-electron chi connectivity index (χ1n) is 5.88. The lowest BCUT2D eigenvalue weighted by molar-refractivity contribution is -0.0516. The van der Waals surface area contributed by atoms with Crippen molar-refractivity contribution in [3.8, 4) is 0 Å². The Bertz CT molecular complexity index is 180. The van der Waals surface area contributed by atoms with E-state index in [4.69, 9.17) is 4.74 Å². The lowest BCUT2D eigenvalue weighted by Gasteiger charge is -2.45. The normalized spacial score (nSPS) is 39.4. The van der Waals surface area contributed by atoms with Gasteiger partial charge in [0.05, 0.1) is 6.10 Å². The third-order valence-corrected chi connectivity index (χ3v) is 3.39. The topological polar surface area (TPSA) is 24.5 Å². The Hall–Kier alpha value is -0.120. The second kappa shape index (κ2) is 4.60. The van der Waals surface area contributed by atoms with Crippen LogP contribution < -0.4 is 5.32 Å². The zero-order valence-electron chi connectivity index (χ0n) is 9.33. The SMILES string of the molecule is CCOC1CC(N2CCNC(C)C2)C1. The molecule has 1 aliphatic carbocycles. The summed E-state index contributed by atoms with van der Waals surface area (Å²) in [6.07, 6.45) is 3.05. The van der Waals surface area contributed by atoms with Gasteiger partial charge in [0.25, 0.3) is 0 Å². The van der Waals surface area contributed by atoms with Gasteiger partial charge in [-0.25, -0.2) is 0 Å². The van der Waals surface area contributed by atoms with Gasteiger partial charge in [-0.2, -0.15) is 0 Å². The summed E-state index contributed by atoms with van der Waals surface area (Å²) in [6, 6.07) is 1.46. The number of hydrogen-bond donors (Lipinski definition) is 1. The average molecular weight is 198 g/mol. The zero-order chi connectivity index (χ0) is 9.97. The summed E-state index contributed by atoms with van der Waals surface area (Å²) in [5.41, 5.74) is 0. The number of piperazine rings is 1. The minimum absolute atomic E-state index is 0.551. The van der Waals surface area contributed by atoms with E-state index in [9.17, 15) is 0 Å². The number of rotatable bonds is 3. The Labute approximate surface area is 86.8 Å². The van der Waals surface area contributed by atoms with Gasteiger partial charge in [-0.1, -0.05) is 0 Å². The monoisotopic (exact) mass is 198 g/mol. The summed E-state index contributed by atoms with van der Waals surface area (Å²) >= 11 is 0. The summed E-state index contributed by atoms with van der Waals surface area (Å²) in [4.78, 5) is 2.62. The average Bonchev–Trinajstić information content (AvgIpc) is 2.10. The molecule has 0 spiro atoms. The molecule has 2 aliphatic rings. The Kier molecular flexibility index (Phi) is 3.42. The Morgan fingerprint density at radius 1 is 1.43 bits per heavy atom. The lowest BCUT2D eigenvalue weighted by atomic mass is 9.87. The van der Waals surface area contributed by atoms with E-state index in [-0.39, 0.29) is 0 Å². The molecule has 1 saturated carbocycles. The molecule has 14 heavy (non-hydrogen) atoms. The maximum atomic E-state index is 5.58. The molecule has 1 heterocycles. The number of nitrogens with one attached hydrogen (secondary N) is 1. The van der Waals surface area contributed by atoms with Crippen LogP contribution in [0.25, 0.3) is 0 Å². The molecule has 2 rings (SSSR count). The first-order valence-corrected chi connectivity index (χ1v) is 5.88. The van der Waals surface area contributed by atoms with Crippen molar-refractivity contribution < 1.29 is 4.74 Å². The largest absolute Gasteiger partial charge is 0.378 e. The highest BCUT2D eigenvalue weighted by Gasteiger charge is 2.35. The van der Waals surface area contributed by atoms with Gasteiger partial charge in [0, 0.05) is 38.3 Å².